The summed E-state index contributed by atoms with van der Waals surface area (Å²) in [7, 11) is 0. The van der Waals surface area contributed by atoms with Gasteiger partial charge in [0.2, 0.25) is 0 Å². The van der Waals surface area contributed by atoms with Gasteiger partial charge in [-0.3, -0.25) is 0 Å². The third kappa shape index (κ3) is 4.40. The summed E-state index contributed by atoms with van der Waals surface area (Å²) in [6.07, 6.45) is 0. The smallest absolute Gasteiger partial charge is 0.164 e. The van der Waals surface area contributed by atoms with Crippen molar-refractivity contribution in [3.63, 3.8) is 0 Å². The van der Waals surface area contributed by atoms with Crippen LogP contribution in [0.15, 0.2) is 162 Å². The predicted octanol–water partition coefficient (Wildman–Crippen LogP) is 12.2. The monoisotopic (exact) mass is 690 g/mol. The van der Waals surface area contributed by atoms with E-state index in [4.69, 9.17) is 18.1 Å². The molecule has 11 rings (SSSR count). The third-order valence-electron chi connectivity index (χ3n) is 10.4. The van der Waals surface area contributed by atoms with E-state index in [9.17, 15) is 0 Å². The van der Waals surface area contributed by atoms with Crippen LogP contribution < -0.4 is 0 Å². The molecule has 0 amide bonds. The second-order valence-corrected chi connectivity index (χ2v) is 13.7. The lowest BCUT2D eigenvalue weighted by Gasteiger charge is -2.21. The molecule has 3 aromatic heterocycles. The minimum absolute atomic E-state index is 0.0362. The van der Waals surface area contributed by atoms with Gasteiger partial charge in [-0.05, 0) is 58.7 Å². The fourth-order valence-electron chi connectivity index (χ4n) is 8.02. The third-order valence-corrected chi connectivity index (χ3v) is 10.4. The average Bonchev–Trinajstić information content (AvgIpc) is 3.90. The number of aromatic nitrogens is 4. The molecule has 0 saturated carbocycles. The lowest BCUT2D eigenvalue weighted by atomic mass is 9.82. The summed E-state index contributed by atoms with van der Waals surface area (Å²) in [5.41, 5.74) is 8.54. The van der Waals surface area contributed by atoms with Gasteiger partial charge in [-0.15, -0.1) is 0 Å². The predicted molar refractivity (Wildman–Crippen MR) is 215 cm³/mol. The highest BCUT2D eigenvalue weighted by Gasteiger charge is 2.36. The molecule has 1 aliphatic carbocycles. The van der Waals surface area contributed by atoms with Crippen LogP contribution in [0.3, 0.4) is 0 Å². The maximum Gasteiger partial charge on any atom is 0.164 e. The lowest BCUT2D eigenvalue weighted by molar-refractivity contribution is 0.661. The topological polar surface area (TPSA) is 56.7 Å². The fraction of sp³-hybridized carbons (Fsp3) is 0.0625. The van der Waals surface area contributed by atoms with Crippen molar-refractivity contribution in [2.24, 2.45) is 0 Å². The van der Waals surface area contributed by atoms with Crippen LogP contribution >= 0.6 is 0 Å². The van der Waals surface area contributed by atoms with Gasteiger partial charge in [0.15, 0.2) is 17.5 Å². The first-order chi connectivity index (χ1) is 30.2. The van der Waals surface area contributed by atoms with E-state index in [1.165, 1.54) is 22.3 Å². The van der Waals surface area contributed by atoms with Crippen LogP contribution in [-0.2, 0) is 5.41 Å². The van der Waals surface area contributed by atoms with Crippen LogP contribution in [0.25, 0.3) is 94.7 Å². The number of furan rings is 1. The molecule has 7 aromatic carbocycles. The minimum atomic E-state index is -0.613. The number of fused-ring (bicyclic) bond motifs is 9. The average molecular weight is 691 g/mol. The van der Waals surface area contributed by atoms with E-state index < -0.39 is 60.4 Å². The van der Waals surface area contributed by atoms with Gasteiger partial charge in [0.25, 0.3) is 0 Å². The normalized spacial score (nSPS) is 15.9. The molecule has 0 aliphatic heterocycles. The molecule has 0 atom stereocenters. The highest BCUT2D eigenvalue weighted by molar-refractivity contribution is 6.14. The lowest BCUT2D eigenvalue weighted by Crippen LogP contribution is -2.14. The Morgan fingerprint density at radius 3 is 1.98 bits per heavy atom. The van der Waals surface area contributed by atoms with Gasteiger partial charge in [-0.2, -0.15) is 0 Å². The summed E-state index contributed by atoms with van der Waals surface area (Å²) in [5, 5.41) is 3.55. The van der Waals surface area contributed by atoms with Gasteiger partial charge in [-0.25, -0.2) is 15.0 Å². The van der Waals surface area contributed by atoms with Gasteiger partial charge in [0.1, 0.15) is 11.2 Å². The van der Waals surface area contributed by atoms with Crippen molar-refractivity contribution in [3.05, 3.63) is 169 Å². The second-order valence-electron chi connectivity index (χ2n) is 13.7. The molecule has 0 saturated heterocycles. The Morgan fingerprint density at radius 1 is 0.528 bits per heavy atom. The summed E-state index contributed by atoms with van der Waals surface area (Å²) in [5.74, 6) is -0.712. The molecular weight excluding hydrogens is 649 g/mol. The van der Waals surface area contributed by atoms with Crippen molar-refractivity contribution in [1.82, 2.24) is 19.5 Å². The number of nitrogens with zero attached hydrogens (tertiary/aromatic N) is 4. The second kappa shape index (κ2) is 11.1. The maximum atomic E-state index is 8.74. The van der Waals surface area contributed by atoms with Crippen molar-refractivity contribution >= 4 is 43.7 Å². The minimum Gasteiger partial charge on any atom is -0.456 e. The van der Waals surface area contributed by atoms with E-state index in [0.29, 0.717) is 27.5 Å². The van der Waals surface area contributed by atoms with Crippen LogP contribution in [0.1, 0.15) is 38.7 Å². The van der Waals surface area contributed by atoms with Crippen molar-refractivity contribution in [3.8, 4) is 51.0 Å². The molecule has 5 heteroatoms. The van der Waals surface area contributed by atoms with Crippen LogP contribution in [0.5, 0.6) is 0 Å². The summed E-state index contributed by atoms with van der Waals surface area (Å²) < 4.78 is 93.5. The van der Waals surface area contributed by atoms with E-state index in [1.54, 1.807) is 18.2 Å². The van der Waals surface area contributed by atoms with Gasteiger partial charge >= 0.3 is 0 Å². The first-order valence-electron chi connectivity index (χ1n) is 22.2. The van der Waals surface area contributed by atoms with Crippen molar-refractivity contribution in [2.45, 2.75) is 19.3 Å². The first-order valence-corrected chi connectivity index (χ1v) is 17.2. The first kappa shape index (κ1) is 21.5. The van der Waals surface area contributed by atoms with Crippen LogP contribution in [0.4, 0.5) is 0 Å². The van der Waals surface area contributed by atoms with E-state index in [-0.39, 0.29) is 34.0 Å². The summed E-state index contributed by atoms with van der Waals surface area (Å²) in [4.78, 5) is 13.8. The molecule has 0 bridgehead atoms. The molecule has 0 N–H and O–H groups in total. The molecule has 0 fully saturated rings. The standard InChI is InChI=1S/C48H32N4O/c1-48(2)38-21-11-9-18-32(38)36-27-37-33-19-10-12-22-40(33)52(41(37)28-39(36)48)31-24-25-34-43(26-31)53-42-23-13-20-35(44(34)42)47-50-45(29-14-5-3-6-15-29)49-46(51-47)30-16-7-4-8-17-30/h3-28H,1-2H3/i3D,4D,5D,6D,7D,8D,14D,15D,16D,17D. The zero-order valence-corrected chi connectivity index (χ0v) is 28.4. The maximum absolute atomic E-state index is 8.74. The Balaban J connectivity index is 1.14. The molecule has 0 spiro atoms. The van der Waals surface area contributed by atoms with Crippen LogP contribution in [0, 0.1) is 0 Å². The van der Waals surface area contributed by atoms with Crippen molar-refractivity contribution < 1.29 is 18.1 Å². The van der Waals surface area contributed by atoms with Gasteiger partial charge in [-0.1, -0.05) is 129 Å². The van der Waals surface area contributed by atoms with Crippen molar-refractivity contribution in [2.75, 3.05) is 0 Å². The van der Waals surface area contributed by atoms with Gasteiger partial charge < -0.3 is 8.98 Å². The Hall–Kier alpha value is -6.85. The zero-order chi connectivity index (χ0) is 44.0. The molecular formula is C48H32N4O. The van der Waals surface area contributed by atoms with E-state index in [0.717, 1.165) is 27.5 Å². The highest BCUT2D eigenvalue weighted by atomic mass is 16.3. The molecule has 1 aliphatic rings. The molecule has 0 unspecified atom stereocenters. The Morgan fingerprint density at radius 2 is 1.21 bits per heavy atom. The molecule has 10 aromatic rings. The summed E-state index contributed by atoms with van der Waals surface area (Å²) in [6, 6.07) is 26.8. The van der Waals surface area contributed by atoms with E-state index in [1.807, 2.05) is 24.3 Å². The summed E-state index contributed by atoms with van der Waals surface area (Å²) >= 11 is 0. The van der Waals surface area contributed by atoms with Crippen LogP contribution in [-0.4, -0.2) is 19.5 Å². The van der Waals surface area contributed by atoms with Crippen molar-refractivity contribution in [1.29, 1.82) is 0 Å². The quantitative estimate of drug-likeness (QED) is 0.184. The fourth-order valence-corrected chi connectivity index (χ4v) is 8.02. The molecule has 250 valence electrons. The SMILES string of the molecule is [2H]c1c([2H])c([2H])c(-c2nc(-c3c([2H])c([2H])c([2H])c([2H])c3[2H])nc(-c3cccc4oc5cc(-n6c7ccccc7c7cc8c(cc76)C(C)(C)c6ccccc6-8)ccc5c34)n2)c([2H])c1[2H]. The highest BCUT2D eigenvalue weighted by Crippen LogP contribution is 2.51. The Labute approximate surface area is 319 Å². The molecule has 3 heterocycles. The van der Waals surface area contributed by atoms with E-state index in [2.05, 4.69) is 88.0 Å². The largest absolute Gasteiger partial charge is 0.456 e. The number of hydrogen-bond donors (Lipinski definition) is 0. The Kier molecular flexibility index (Phi) is 4.49. The number of para-hydroxylation sites is 1. The zero-order valence-electron chi connectivity index (χ0n) is 38.4. The van der Waals surface area contributed by atoms with Gasteiger partial charge in [0.05, 0.1) is 24.7 Å². The molecule has 0 radical (unpaired) electrons. The van der Waals surface area contributed by atoms with Crippen LogP contribution in [0.2, 0.25) is 0 Å². The Bertz CT molecular complexity index is 3540. The van der Waals surface area contributed by atoms with E-state index >= 15 is 0 Å². The number of benzene rings is 7. The summed E-state index contributed by atoms with van der Waals surface area (Å²) in [6.45, 7) is 4.53. The van der Waals surface area contributed by atoms with Gasteiger partial charge in [0, 0.05) is 55.4 Å². The number of hydrogen-bond acceptors (Lipinski definition) is 4. The number of rotatable bonds is 4. The molecule has 5 nitrogen and oxygen atoms in total. The molecule has 53 heavy (non-hydrogen) atoms.